The zero-order valence-corrected chi connectivity index (χ0v) is 23.0. The maximum absolute atomic E-state index is 13.3. The lowest BCUT2D eigenvalue weighted by molar-refractivity contribution is -0.140. The van der Waals surface area contributed by atoms with E-state index in [1.54, 1.807) is 36.1 Å². The van der Waals surface area contributed by atoms with Gasteiger partial charge in [-0.1, -0.05) is 29.8 Å². The van der Waals surface area contributed by atoms with Crippen molar-refractivity contribution in [2.45, 2.75) is 66.1 Å². The number of hydrogen-bond donors (Lipinski definition) is 1. The monoisotopic (exact) mass is 517 g/mol. The molecule has 0 aliphatic carbocycles. The van der Waals surface area contributed by atoms with E-state index in [-0.39, 0.29) is 30.8 Å². The highest BCUT2D eigenvalue weighted by molar-refractivity contribution is 7.92. The molecule has 1 atom stereocenters. The molecule has 1 N–H and O–H groups in total. The average molecular weight is 518 g/mol. The summed E-state index contributed by atoms with van der Waals surface area (Å²) in [5.74, 6) is 0.228. The minimum absolute atomic E-state index is 0.0479. The Balaban J connectivity index is 2.15. The van der Waals surface area contributed by atoms with E-state index in [0.717, 1.165) is 17.4 Å². The van der Waals surface area contributed by atoms with Crippen molar-refractivity contribution in [1.29, 1.82) is 0 Å². The summed E-state index contributed by atoms with van der Waals surface area (Å²) in [5, 5.41) is 2.87. The highest BCUT2D eigenvalue weighted by atomic mass is 32.2. The molecule has 2 rings (SSSR count). The summed E-state index contributed by atoms with van der Waals surface area (Å²) >= 11 is 0. The molecule has 8 nitrogen and oxygen atoms in total. The van der Waals surface area contributed by atoms with E-state index in [9.17, 15) is 18.0 Å². The molecule has 2 amide bonds. The molecule has 0 aliphatic heterocycles. The van der Waals surface area contributed by atoms with E-state index >= 15 is 0 Å². The van der Waals surface area contributed by atoms with Crippen molar-refractivity contribution in [2.75, 3.05) is 23.7 Å². The third-order valence-electron chi connectivity index (χ3n) is 5.62. The molecule has 0 radical (unpaired) electrons. The van der Waals surface area contributed by atoms with Gasteiger partial charge in [0.15, 0.2) is 0 Å². The van der Waals surface area contributed by atoms with Gasteiger partial charge in [0.25, 0.3) is 0 Å². The predicted molar refractivity (Wildman–Crippen MR) is 144 cm³/mol. The van der Waals surface area contributed by atoms with Crippen LogP contribution in [-0.4, -0.2) is 56.6 Å². The number of rotatable bonds is 13. The molecule has 0 saturated heterocycles. The van der Waals surface area contributed by atoms with Gasteiger partial charge in [0.05, 0.1) is 18.6 Å². The Hall–Kier alpha value is -3.07. The lowest BCUT2D eigenvalue weighted by Gasteiger charge is -2.30. The molecule has 9 heteroatoms. The van der Waals surface area contributed by atoms with E-state index in [0.29, 0.717) is 31.0 Å². The number of nitrogens with zero attached hydrogens (tertiary/aromatic N) is 2. The topological polar surface area (TPSA) is 96.0 Å². The van der Waals surface area contributed by atoms with Gasteiger partial charge >= 0.3 is 0 Å². The predicted octanol–water partition coefficient (Wildman–Crippen LogP) is 3.88. The van der Waals surface area contributed by atoms with Crippen LogP contribution in [0, 0.1) is 6.92 Å². The first-order valence-corrected chi connectivity index (χ1v) is 14.1. The van der Waals surface area contributed by atoms with E-state index in [4.69, 9.17) is 4.74 Å². The smallest absolute Gasteiger partial charge is 0.242 e. The van der Waals surface area contributed by atoms with Crippen LogP contribution < -0.4 is 14.4 Å². The standard InChI is InChI=1S/C27H39N3O5S/c1-7-35-25-15-13-24(14-16-25)30(36(6,33)34)17-9-12-26(31)29(22(5)27(32)28-20(2)3)19-23-11-8-10-21(4)18-23/h8,10-11,13-16,18,20,22H,7,9,12,17,19H2,1-6H3,(H,28,32)/t22-/m1/s1. The number of aryl methyl sites for hydroxylation is 1. The largest absolute Gasteiger partial charge is 0.494 e. The van der Waals surface area contributed by atoms with Crippen LogP contribution in [0.4, 0.5) is 5.69 Å². The normalized spacial score (nSPS) is 12.2. The Labute approximate surface area is 215 Å². The molecule has 36 heavy (non-hydrogen) atoms. The van der Waals surface area contributed by atoms with Crippen LogP contribution in [0.5, 0.6) is 5.75 Å². The van der Waals surface area contributed by atoms with Crippen LogP contribution >= 0.6 is 0 Å². The van der Waals surface area contributed by atoms with Gasteiger partial charge in [-0.25, -0.2) is 8.42 Å². The molecule has 0 aliphatic rings. The molecule has 0 unspecified atom stereocenters. The number of ether oxygens (including phenoxy) is 1. The first-order chi connectivity index (χ1) is 16.9. The molecule has 2 aromatic carbocycles. The van der Waals surface area contributed by atoms with Gasteiger partial charge in [-0.3, -0.25) is 13.9 Å². The van der Waals surface area contributed by atoms with Crippen LogP contribution in [0.1, 0.15) is 51.7 Å². The lowest BCUT2D eigenvalue weighted by Crippen LogP contribution is -2.49. The van der Waals surface area contributed by atoms with Crippen molar-refractivity contribution < 1.29 is 22.7 Å². The fourth-order valence-corrected chi connectivity index (χ4v) is 4.84. The quantitative estimate of drug-likeness (QED) is 0.435. The van der Waals surface area contributed by atoms with Crippen LogP contribution in [0.2, 0.25) is 0 Å². The van der Waals surface area contributed by atoms with E-state index < -0.39 is 16.1 Å². The molecule has 0 fully saturated rings. The van der Waals surface area contributed by atoms with Crippen molar-refractivity contribution in [3.05, 3.63) is 59.7 Å². The summed E-state index contributed by atoms with van der Waals surface area (Å²) in [5.41, 5.74) is 2.51. The molecule has 0 aromatic heterocycles. The van der Waals surface area contributed by atoms with Gasteiger partial charge in [0, 0.05) is 25.6 Å². The Bertz CT molecular complexity index is 1120. The Kier molecular flexibility index (Phi) is 10.8. The summed E-state index contributed by atoms with van der Waals surface area (Å²) in [4.78, 5) is 27.6. The van der Waals surface area contributed by atoms with Gasteiger partial charge in [-0.05, 0) is 70.9 Å². The molecular weight excluding hydrogens is 478 g/mol. The summed E-state index contributed by atoms with van der Waals surface area (Å²) < 4.78 is 31.7. The van der Waals surface area contributed by atoms with E-state index in [2.05, 4.69) is 5.32 Å². The first-order valence-electron chi connectivity index (χ1n) is 12.3. The van der Waals surface area contributed by atoms with Crippen molar-refractivity contribution >= 4 is 27.5 Å². The zero-order valence-electron chi connectivity index (χ0n) is 22.2. The minimum atomic E-state index is -3.55. The van der Waals surface area contributed by atoms with Crippen LogP contribution in [0.15, 0.2) is 48.5 Å². The van der Waals surface area contributed by atoms with Gasteiger partial charge < -0.3 is 15.0 Å². The van der Waals surface area contributed by atoms with Crippen molar-refractivity contribution in [2.24, 2.45) is 0 Å². The molecule has 0 spiro atoms. The highest BCUT2D eigenvalue weighted by Crippen LogP contribution is 2.22. The molecule has 0 bridgehead atoms. The number of nitrogens with one attached hydrogen (secondary N) is 1. The van der Waals surface area contributed by atoms with Crippen molar-refractivity contribution in [3.63, 3.8) is 0 Å². The number of hydrogen-bond acceptors (Lipinski definition) is 5. The second kappa shape index (κ2) is 13.3. The summed E-state index contributed by atoms with van der Waals surface area (Å²) in [6, 6.07) is 13.9. The summed E-state index contributed by atoms with van der Waals surface area (Å²) in [6.07, 6.45) is 1.56. The molecular formula is C27H39N3O5S. The Morgan fingerprint density at radius 3 is 2.28 bits per heavy atom. The average Bonchev–Trinajstić information content (AvgIpc) is 2.79. The number of benzene rings is 2. The highest BCUT2D eigenvalue weighted by Gasteiger charge is 2.27. The summed E-state index contributed by atoms with van der Waals surface area (Å²) in [7, 11) is -3.55. The SMILES string of the molecule is CCOc1ccc(N(CCCC(=O)N(Cc2cccc(C)c2)[C@H](C)C(=O)NC(C)C)S(C)(=O)=O)cc1. The van der Waals surface area contributed by atoms with Crippen LogP contribution in [0.3, 0.4) is 0 Å². The first kappa shape index (κ1) is 29.2. The lowest BCUT2D eigenvalue weighted by atomic mass is 10.1. The third-order valence-corrected chi connectivity index (χ3v) is 6.82. The van der Waals surface area contributed by atoms with E-state index in [1.165, 1.54) is 4.31 Å². The number of carbonyl (C=O) groups is 2. The number of sulfonamides is 1. The van der Waals surface area contributed by atoms with Gasteiger partial charge in [-0.2, -0.15) is 0 Å². The van der Waals surface area contributed by atoms with Gasteiger partial charge in [0.1, 0.15) is 11.8 Å². The van der Waals surface area contributed by atoms with Crippen molar-refractivity contribution in [1.82, 2.24) is 10.2 Å². The second-order valence-electron chi connectivity index (χ2n) is 9.22. The fourth-order valence-electron chi connectivity index (χ4n) is 3.87. The fraction of sp³-hybridized carbons (Fsp3) is 0.481. The molecule has 0 heterocycles. The van der Waals surface area contributed by atoms with Gasteiger partial charge in [0.2, 0.25) is 21.8 Å². The zero-order chi connectivity index (χ0) is 26.9. The molecule has 0 saturated carbocycles. The maximum atomic E-state index is 13.3. The minimum Gasteiger partial charge on any atom is -0.494 e. The van der Waals surface area contributed by atoms with Crippen LogP contribution in [-0.2, 0) is 26.2 Å². The van der Waals surface area contributed by atoms with Crippen molar-refractivity contribution in [3.8, 4) is 5.75 Å². The number of amides is 2. The molecule has 198 valence electrons. The number of carbonyl (C=O) groups excluding carboxylic acids is 2. The third kappa shape index (κ3) is 8.86. The Morgan fingerprint density at radius 2 is 1.72 bits per heavy atom. The van der Waals surface area contributed by atoms with Crippen LogP contribution in [0.25, 0.3) is 0 Å². The maximum Gasteiger partial charge on any atom is 0.242 e. The second-order valence-corrected chi connectivity index (χ2v) is 11.1. The molecule has 2 aromatic rings. The van der Waals surface area contributed by atoms with Gasteiger partial charge in [-0.15, -0.1) is 0 Å². The van der Waals surface area contributed by atoms with E-state index in [1.807, 2.05) is 52.0 Å². The Morgan fingerprint density at radius 1 is 1.06 bits per heavy atom. The number of anilines is 1. The summed E-state index contributed by atoms with van der Waals surface area (Å²) in [6.45, 7) is 10.3.